The summed E-state index contributed by atoms with van der Waals surface area (Å²) in [5.74, 6) is 1.33. The monoisotopic (exact) mass is 364 g/mol. The molecule has 0 saturated heterocycles. The lowest BCUT2D eigenvalue weighted by Crippen LogP contribution is -2.23. The second kappa shape index (κ2) is 8.03. The number of pyridine rings is 1. The Hall–Kier alpha value is -3.15. The highest BCUT2D eigenvalue weighted by Gasteiger charge is 2.11. The van der Waals surface area contributed by atoms with Crippen LogP contribution in [-0.4, -0.2) is 27.3 Å². The third-order valence-corrected chi connectivity index (χ3v) is 4.54. The van der Waals surface area contributed by atoms with Crippen LogP contribution in [-0.2, 0) is 6.54 Å². The van der Waals surface area contributed by atoms with E-state index >= 15 is 0 Å². The first-order valence-corrected chi connectivity index (χ1v) is 8.98. The average Bonchev–Trinajstić information content (AvgIpc) is 2.94. The summed E-state index contributed by atoms with van der Waals surface area (Å²) >= 11 is 0. The lowest BCUT2D eigenvalue weighted by Gasteiger charge is -2.08. The van der Waals surface area contributed by atoms with Crippen LogP contribution in [0.4, 0.5) is 0 Å². The van der Waals surface area contributed by atoms with Gasteiger partial charge in [0.2, 0.25) is 0 Å². The van der Waals surface area contributed by atoms with E-state index in [1.165, 1.54) is 0 Å². The Labute approximate surface area is 159 Å². The fourth-order valence-electron chi connectivity index (χ4n) is 2.79. The first kappa shape index (κ1) is 18.6. The summed E-state index contributed by atoms with van der Waals surface area (Å²) in [6.45, 7) is 9.00. The van der Waals surface area contributed by atoms with E-state index in [1.807, 2.05) is 58.0 Å². The van der Waals surface area contributed by atoms with Crippen molar-refractivity contribution in [2.45, 2.75) is 34.2 Å². The zero-order valence-electron chi connectivity index (χ0n) is 16.1. The number of nitrogens with zero attached hydrogens (tertiary/aromatic N) is 3. The molecule has 0 fully saturated rings. The first-order valence-electron chi connectivity index (χ1n) is 8.98. The summed E-state index contributed by atoms with van der Waals surface area (Å²) in [4.78, 5) is 16.8. The lowest BCUT2D eigenvalue weighted by atomic mass is 10.2. The maximum atomic E-state index is 12.4. The van der Waals surface area contributed by atoms with Gasteiger partial charge in [-0.1, -0.05) is 12.1 Å². The molecule has 0 saturated carbocycles. The van der Waals surface area contributed by atoms with Crippen molar-refractivity contribution >= 4 is 5.91 Å². The van der Waals surface area contributed by atoms with Crippen LogP contribution in [0.2, 0.25) is 0 Å². The van der Waals surface area contributed by atoms with Gasteiger partial charge in [0.1, 0.15) is 5.75 Å². The molecule has 0 unspecified atom stereocenters. The van der Waals surface area contributed by atoms with Crippen molar-refractivity contribution in [3.63, 3.8) is 0 Å². The molecule has 140 valence electrons. The van der Waals surface area contributed by atoms with Gasteiger partial charge in [0, 0.05) is 18.4 Å². The van der Waals surface area contributed by atoms with Crippen LogP contribution in [0.5, 0.6) is 5.75 Å². The number of hydrogen-bond acceptors (Lipinski definition) is 4. The van der Waals surface area contributed by atoms with E-state index in [9.17, 15) is 4.79 Å². The summed E-state index contributed by atoms with van der Waals surface area (Å²) in [6.07, 6.45) is 1.58. The van der Waals surface area contributed by atoms with E-state index in [4.69, 9.17) is 4.74 Å². The number of aryl methyl sites for hydroxylation is 1. The molecule has 0 aliphatic rings. The normalized spacial score (nSPS) is 10.7. The van der Waals surface area contributed by atoms with E-state index in [-0.39, 0.29) is 5.91 Å². The fraction of sp³-hybridized carbons (Fsp3) is 0.286. The van der Waals surface area contributed by atoms with E-state index in [2.05, 4.69) is 15.4 Å². The molecule has 0 aliphatic carbocycles. The van der Waals surface area contributed by atoms with Gasteiger partial charge >= 0.3 is 0 Å². The van der Waals surface area contributed by atoms with Gasteiger partial charge < -0.3 is 10.1 Å². The van der Waals surface area contributed by atoms with Gasteiger partial charge in [-0.25, -0.2) is 9.67 Å². The second-order valence-electron chi connectivity index (χ2n) is 6.38. The smallest absolute Gasteiger partial charge is 0.253 e. The minimum atomic E-state index is -0.166. The number of nitrogens with one attached hydrogen (secondary N) is 1. The van der Waals surface area contributed by atoms with E-state index in [0.29, 0.717) is 24.5 Å². The molecular weight excluding hydrogens is 340 g/mol. The molecule has 3 aromatic rings. The van der Waals surface area contributed by atoms with Crippen molar-refractivity contribution in [3.8, 4) is 11.6 Å². The quantitative estimate of drug-likeness (QED) is 0.727. The zero-order valence-corrected chi connectivity index (χ0v) is 16.1. The van der Waals surface area contributed by atoms with Gasteiger partial charge in [0.15, 0.2) is 5.82 Å². The predicted octanol–water partition coefficient (Wildman–Crippen LogP) is 3.52. The van der Waals surface area contributed by atoms with Crippen LogP contribution in [0.1, 0.15) is 39.8 Å². The molecule has 1 N–H and O–H groups in total. The van der Waals surface area contributed by atoms with Gasteiger partial charge in [-0.2, -0.15) is 5.10 Å². The van der Waals surface area contributed by atoms with E-state index in [1.54, 1.807) is 16.9 Å². The SMILES string of the molecule is CCOc1cccc(CNC(=O)c2ccc(-n3nc(C)c(C)c3C)nc2)c1. The van der Waals surface area contributed by atoms with Gasteiger partial charge in [-0.3, -0.25) is 4.79 Å². The highest BCUT2D eigenvalue weighted by molar-refractivity contribution is 5.93. The largest absolute Gasteiger partial charge is 0.494 e. The molecule has 0 bridgehead atoms. The number of rotatable bonds is 6. The molecule has 0 aliphatic heterocycles. The Morgan fingerprint density at radius 1 is 1.19 bits per heavy atom. The predicted molar refractivity (Wildman–Crippen MR) is 104 cm³/mol. The van der Waals surface area contributed by atoms with Crippen LogP contribution in [0.25, 0.3) is 5.82 Å². The van der Waals surface area contributed by atoms with Crippen molar-refractivity contribution in [1.29, 1.82) is 0 Å². The summed E-state index contributed by atoms with van der Waals surface area (Å²) in [5.41, 5.74) is 4.67. The first-order chi connectivity index (χ1) is 13.0. The number of ether oxygens (including phenoxy) is 1. The van der Waals surface area contributed by atoms with Crippen LogP contribution < -0.4 is 10.1 Å². The minimum Gasteiger partial charge on any atom is -0.494 e. The Kier molecular flexibility index (Phi) is 5.54. The Bertz CT molecular complexity index is 945. The minimum absolute atomic E-state index is 0.166. The van der Waals surface area contributed by atoms with Gasteiger partial charge in [0.05, 0.1) is 17.9 Å². The molecule has 2 heterocycles. The van der Waals surface area contributed by atoms with Crippen LogP contribution >= 0.6 is 0 Å². The molecular formula is C21H24N4O2. The molecule has 0 radical (unpaired) electrons. The van der Waals surface area contributed by atoms with Crippen molar-refractivity contribution in [1.82, 2.24) is 20.1 Å². The number of carbonyl (C=O) groups excluding carboxylic acids is 1. The standard InChI is InChI=1S/C21H24N4O2/c1-5-27-19-8-6-7-17(11-19)12-23-21(26)18-9-10-20(22-13-18)25-16(4)14(2)15(3)24-25/h6-11,13H,5,12H2,1-4H3,(H,23,26). The molecule has 1 aromatic carbocycles. The van der Waals surface area contributed by atoms with Gasteiger partial charge in [-0.05, 0) is 63.1 Å². The fourth-order valence-corrected chi connectivity index (χ4v) is 2.79. The van der Waals surface area contributed by atoms with E-state index in [0.717, 1.165) is 28.3 Å². The zero-order chi connectivity index (χ0) is 19.4. The van der Waals surface area contributed by atoms with Crippen LogP contribution in [0.15, 0.2) is 42.6 Å². The van der Waals surface area contributed by atoms with Crippen LogP contribution in [0, 0.1) is 20.8 Å². The maximum absolute atomic E-state index is 12.4. The summed E-state index contributed by atoms with van der Waals surface area (Å²) in [5, 5.41) is 7.41. The second-order valence-corrected chi connectivity index (χ2v) is 6.38. The molecule has 1 amide bonds. The number of amides is 1. The Balaban J connectivity index is 1.67. The molecule has 2 aromatic heterocycles. The third-order valence-electron chi connectivity index (χ3n) is 4.54. The molecule has 6 heteroatoms. The molecule has 27 heavy (non-hydrogen) atoms. The third kappa shape index (κ3) is 4.16. The van der Waals surface area contributed by atoms with Crippen molar-refractivity contribution in [3.05, 3.63) is 70.7 Å². The average molecular weight is 364 g/mol. The molecule has 0 spiro atoms. The number of aromatic nitrogens is 3. The van der Waals surface area contributed by atoms with Crippen molar-refractivity contribution in [2.75, 3.05) is 6.61 Å². The highest BCUT2D eigenvalue weighted by atomic mass is 16.5. The summed E-state index contributed by atoms with van der Waals surface area (Å²) < 4.78 is 7.28. The topological polar surface area (TPSA) is 69.0 Å². The number of hydrogen-bond donors (Lipinski definition) is 1. The van der Waals surface area contributed by atoms with Crippen molar-refractivity contribution in [2.24, 2.45) is 0 Å². The Morgan fingerprint density at radius 2 is 2.00 bits per heavy atom. The Morgan fingerprint density at radius 3 is 2.63 bits per heavy atom. The molecule has 6 nitrogen and oxygen atoms in total. The summed E-state index contributed by atoms with van der Waals surface area (Å²) in [7, 11) is 0. The highest BCUT2D eigenvalue weighted by Crippen LogP contribution is 2.16. The summed E-state index contributed by atoms with van der Waals surface area (Å²) in [6, 6.07) is 11.3. The van der Waals surface area contributed by atoms with Crippen molar-refractivity contribution < 1.29 is 9.53 Å². The molecule has 0 atom stereocenters. The van der Waals surface area contributed by atoms with Crippen LogP contribution in [0.3, 0.4) is 0 Å². The lowest BCUT2D eigenvalue weighted by molar-refractivity contribution is 0.0950. The van der Waals surface area contributed by atoms with E-state index < -0.39 is 0 Å². The molecule has 3 rings (SSSR count). The van der Waals surface area contributed by atoms with Gasteiger partial charge in [0.25, 0.3) is 5.91 Å². The van der Waals surface area contributed by atoms with Gasteiger partial charge in [-0.15, -0.1) is 0 Å². The number of carbonyl (C=O) groups is 1. The number of benzene rings is 1. The maximum Gasteiger partial charge on any atom is 0.253 e.